The fraction of sp³-hybridized carbons (Fsp3) is 0.333. The molecule has 0 fully saturated rings. The van der Waals surface area contributed by atoms with Gasteiger partial charge in [0.25, 0.3) is 0 Å². The lowest BCUT2D eigenvalue weighted by Crippen LogP contribution is -2.35. The molecule has 0 spiro atoms. The average Bonchev–Trinajstić information content (AvgIpc) is 2.52. The van der Waals surface area contributed by atoms with Gasteiger partial charge in [-0.3, -0.25) is 0 Å². The van der Waals surface area contributed by atoms with Crippen molar-refractivity contribution in [2.75, 3.05) is 14.2 Å². The van der Waals surface area contributed by atoms with E-state index in [-0.39, 0.29) is 0 Å². The summed E-state index contributed by atoms with van der Waals surface area (Å²) in [6, 6.07) is 14.9. The fourth-order valence-corrected chi connectivity index (χ4v) is 4.00. The van der Waals surface area contributed by atoms with Crippen molar-refractivity contribution in [3.8, 4) is 0 Å². The van der Waals surface area contributed by atoms with Crippen LogP contribution in [0.5, 0.6) is 0 Å². The molecule has 0 saturated heterocycles. The Kier molecular flexibility index (Phi) is 3.82. The van der Waals surface area contributed by atoms with E-state index in [1.807, 2.05) is 6.07 Å². The highest BCUT2D eigenvalue weighted by molar-refractivity contribution is 7.99. The highest BCUT2D eigenvalue weighted by atomic mass is 32.2. The van der Waals surface area contributed by atoms with E-state index in [9.17, 15) is 0 Å². The third kappa shape index (κ3) is 2.20. The smallest absolute Gasteiger partial charge is 0.224 e. The van der Waals surface area contributed by atoms with Crippen molar-refractivity contribution in [2.45, 2.75) is 35.3 Å². The number of rotatable bonds is 3. The molecule has 0 atom stereocenters. The highest BCUT2D eigenvalue weighted by Crippen LogP contribution is 2.50. The van der Waals surface area contributed by atoms with Crippen molar-refractivity contribution in [1.82, 2.24) is 0 Å². The maximum Gasteiger partial charge on any atom is 0.224 e. The lowest BCUT2D eigenvalue weighted by molar-refractivity contribution is -0.187. The molecule has 3 rings (SSSR count). The van der Waals surface area contributed by atoms with Crippen molar-refractivity contribution >= 4 is 11.8 Å². The third-order valence-corrected chi connectivity index (χ3v) is 5.21. The first-order valence-electron chi connectivity index (χ1n) is 7.14. The quantitative estimate of drug-likeness (QED) is 0.761. The molecule has 21 heavy (non-hydrogen) atoms. The molecule has 0 bridgehead atoms. The second-order valence-electron chi connectivity index (χ2n) is 5.53. The minimum atomic E-state index is -0.817. The Morgan fingerprint density at radius 2 is 1.57 bits per heavy atom. The van der Waals surface area contributed by atoms with E-state index >= 15 is 0 Å². The summed E-state index contributed by atoms with van der Waals surface area (Å²) >= 11 is 1.78. The molecule has 1 aliphatic rings. The van der Waals surface area contributed by atoms with Crippen LogP contribution in [0.4, 0.5) is 0 Å². The standard InChI is InChI=1S/C18H20O2S/c1-12(2)13-9-10-17-15(11-13)18(19-3,20-4)14-7-5-6-8-16(14)21-17/h5-12H,1-4H3. The molecule has 1 heterocycles. The van der Waals surface area contributed by atoms with Gasteiger partial charge in [0.1, 0.15) is 0 Å². The molecular formula is C18H20O2S. The van der Waals surface area contributed by atoms with Gasteiger partial charge in [-0.15, -0.1) is 0 Å². The zero-order chi connectivity index (χ0) is 15.0. The highest BCUT2D eigenvalue weighted by Gasteiger charge is 2.42. The van der Waals surface area contributed by atoms with Crippen molar-refractivity contribution in [1.29, 1.82) is 0 Å². The molecule has 3 heteroatoms. The van der Waals surface area contributed by atoms with Crippen LogP contribution in [-0.4, -0.2) is 14.2 Å². The first kappa shape index (κ1) is 14.6. The van der Waals surface area contributed by atoms with E-state index in [1.54, 1.807) is 26.0 Å². The van der Waals surface area contributed by atoms with E-state index in [0.717, 1.165) is 11.1 Å². The van der Waals surface area contributed by atoms with Crippen LogP contribution in [0.15, 0.2) is 52.3 Å². The van der Waals surface area contributed by atoms with E-state index in [1.165, 1.54) is 15.4 Å². The molecule has 2 aromatic rings. The summed E-state index contributed by atoms with van der Waals surface area (Å²) in [6.07, 6.45) is 0. The topological polar surface area (TPSA) is 18.5 Å². The zero-order valence-corrected chi connectivity index (χ0v) is 13.7. The molecule has 0 amide bonds. The van der Waals surface area contributed by atoms with Crippen LogP contribution in [0, 0.1) is 0 Å². The largest absolute Gasteiger partial charge is 0.345 e. The molecule has 0 radical (unpaired) electrons. The van der Waals surface area contributed by atoms with Gasteiger partial charge in [0.15, 0.2) is 0 Å². The van der Waals surface area contributed by atoms with Gasteiger partial charge < -0.3 is 9.47 Å². The van der Waals surface area contributed by atoms with Gasteiger partial charge in [0.05, 0.1) is 0 Å². The lowest BCUT2D eigenvalue weighted by Gasteiger charge is -2.38. The van der Waals surface area contributed by atoms with E-state index in [4.69, 9.17) is 9.47 Å². The number of hydrogen-bond donors (Lipinski definition) is 0. The Morgan fingerprint density at radius 3 is 2.24 bits per heavy atom. The SMILES string of the molecule is COC1(OC)c2ccccc2Sc2ccc(C(C)C)cc21. The fourth-order valence-electron chi connectivity index (χ4n) is 2.87. The van der Waals surface area contributed by atoms with Crippen LogP contribution in [0.25, 0.3) is 0 Å². The molecule has 0 aromatic heterocycles. The molecule has 2 nitrogen and oxygen atoms in total. The summed E-state index contributed by atoms with van der Waals surface area (Å²) in [7, 11) is 3.42. The minimum absolute atomic E-state index is 0.476. The zero-order valence-electron chi connectivity index (χ0n) is 12.8. The summed E-state index contributed by atoms with van der Waals surface area (Å²) in [5.41, 5.74) is 3.48. The summed E-state index contributed by atoms with van der Waals surface area (Å²) < 4.78 is 11.8. The van der Waals surface area contributed by atoms with Crippen LogP contribution >= 0.6 is 11.8 Å². The molecular weight excluding hydrogens is 280 g/mol. The summed E-state index contributed by atoms with van der Waals surface area (Å²) in [6.45, 7) is 4.40. The van der Waals surface area contributed by atoms with E-state index < -0.39 is 5.79 Å². The summed E-state index contributed by atoms with van der Waals surface area (Å²) in [5, 5.41) is 0. The lowest BCUT2D eigenvalue weighted by atomic mass is 9.92. The predicted molar refractivity (Wildman–Crippen MR) is 85.9 cm³/mol. The van der Waals surface area contributed by atoms with Crippen molar-refractivity contribution in [2.24, 2.45) is 0 Å². The van der Waals surface area contributed by atoms with Gasteiger partial charge in [-0.2, -0.15) is 0 Å². The molecule has 0 saturated carbocycles. The predicted octanol–water partition coefficient (Wildman–Crippen LogP) is 4.77. The monoisotopic (exact) mass is 300 g/mol. The van der Waals surface area contributed by atoms with Crippen molar-refractivity contribution < 1.29 is 9.47 Å². The van der Waals surface area contributed by atoms with Crippen LogP contribution in [-0.2, 0) is 15.3 Å². The van der Waals surface area contributed by atoms with Crippen molar-refractivity contribution in [3.63, 3.8) is 0 Å². The second kappa shape index (κ2) is 5.48. The molecule has 0 N–H and O–H groups in total. The van der Waals surface area contributed by atoms with Gasteiger partial charge >= 0.3 is 0 Å². The van der Waals surface area contributed by atoms with Crippen LogP contribution in [0.1, 0.15) is 36.5 Å². The Bertz CT molecular complexity index is 660. The van der Waals surface area contributed by atoms with Crippen LogP contribution in [0.3, 0.4) is 0 Å². The van der Waals surface area contributed by atoms with Gasteiger partial charge in [0.2, 0.25) is 5.79 Å². The molecule has 0 aliphatic carbocycles. The number of methoxy groups -OCH3 is 2. The second-order valence-corrected chi connectivity index (χ2v) is 6.62. The molecule has 110 valence electrons. The van der Waals surface area contributed by atoms with Crippen molar-refractivity contribution in [3.05, 3.63) is 59.2 Å². The summed E-state index contributed by atoms with van der Waals surface area (Å²) in [4.78, 5) is 2.38. The van der Waals surface area contributed by atoms with Gasteiger partial charge in [-0.25, -0.2) is 0 Å². The minimum Gasteiger partial charge on any atom is -0.345 e. The number of hydrogen-bond acceptors (Lipinski definition) is 3. The van der Waals surface area contributed by atoms with Crippen LogP contribution in [0.2, 0.25) is 0 Å². The first-order valence-corrected chi connectivity index (χ1v) is 7.96. The van der Waals surface area contributed by atoms with E-state index in [2.05, 4.69) is 50.2 Å². The Hall–Kier alpha value is -1.29. The number of fused-ring (bicyclic) bond motifs is 2. The Morgan fingerprint density at radius 1 is 0.905 bits per heavy atom. The van der Waals surface area contributed by atoms with Crippen LogP contribution < -0.4 is 0 Å². The third-order valence-electron chi connectivity index (χ3n) is 4.06. The Labute approximate surface area is 130 Å². The van der Waals surface area contributed by atoms with E-state index in [0.29, 0.717) is 5.92 Å². The van der Waals surface area contributed by atoms with Gasteiger partial charge in [-0.1, -0.05) is 49.9 Å². The van der Waals surface area contributed by atoms with Gasteiger partial charge in [0, 0.05) is 35.1 Å². The Balaban J connectivity index is 2.26. The summed E-state index contributed by atoms with van der Waals surface area (Å²) in [5.74, 6) is -0.342. The first-order chi connectivity index (χ1) is 10.1. The average molecular weight is 300 g/mol. The van der Waals surface area contributed by atoms with Gasteiger partial charge in [-0.05, 0) is 29.7 Å². The normalized spacial score (nSPS) is 15.7. The molecule has 1 aliphatic heterocycles. The number of ether oxygens (including phenoxy) is 2. The molecule has 2 aromatic carbocycles. The molecule has 0 unspecified atom stereocenters. The maximum absolute atomic E-state index is 5.88. The number of benzene rings is 2. The maximum atomic E-state index is 5.88.